The molecule has 33 heavy (non-hydrogen) atoms. The van der Waals surface area contributed by atoms with Crippen molar-refractivity contribution >= 4 is 41.2 Å². The van der Waals surface area contributed by atoms with Crippen LogP contribution in [-0.4, -0.2) is 31.6 Å². The highest BCUT2D eigenvalue weighted by Crippen LogP contribution is 2.35. The van der Waals surface area contributed by atoms with Crippen molar-refractivity contribution in [2.45, 2.75) is 13.3 Å². The summed E-state index contributed by atoms with van der Waals surface area (Å²) in [6.07, 6.45) is 5.18. The first-order chi connectivity index (χ1) is 15.8. The Morgan fingerprint density at radius 1 is 1.15 bits per heavy atom. The number of methoxy groups -OCH3 is 1. The second-order valence-electron chi connectivity index (χ2n) is 7.15. The summed E-state index contributed by atoms with van der Waals surface area (Å²) in [5, 5.41) is 2.61. The largest absolute Gasteiger partial charge is 0.493 e. The number of hydrogen-bond donors (Lipinski definition) is 1. The minimum absolute atomic E-state index is 0.208. The molecule has 1 aliphatic heterocycles. The van der Waals surface area contributed by atoms with Crippen LogP contribution in [0.15, 0.2) is 61.2 Å². The van der Waals surface area contributed by atoms with Crippen LogP contribution in [0.2, 0.25) is 5.02 Å². The fraction of sp³-hybridized carbons (Fsp3) is 0.160. The number of rotatable bonds is 8. The van der Waals surface area contributed by atoms with Crippen molar-refractivity contribution in [3.05, 3.63) is 82.9 Å². The number of halogens is 1. The van der Waals surface area contributed by atoms with Gasteiger partial charge in [0.15, 0.2) is 11.5 Å². The molecule has 0 bridgehead atoms. The number of amides is 4. The van der Waals surface area contributed by atoms with Gasteiger partial charge in [0.2, 0.25) is 0 Å². The van der Waals surface area contributed by atoms with Gasteiger partial charge in [0.05, 0.1) is 12.8 Å². The highest BCUT2D eigenvalue weighted by Gasteiger charge is 2.37. The maximum Gasteiger partial charge on any atom is 0.335 e. The number of imide groups is 2. The average molecular weight is 467 g/mol. The molecule has 4 amide bonds. The topological polar surface area (TPSA) is 84.9 Å². The molecule has 0 aliphatic carbocycles. The smallest absolute Gasteiger partial charge is 0.335 e. The Kier molecular flexibility index (Phi) is 7.35. The third-order valence-corrected chi connectivity index (χ3v) is 5.39. The van der Waals surface area contributed by atoms with Crippen LogP contribution in [0.25, 0.3) is 6.08 Å². The molecule has 0 spiro atoms. The Balaban J connectivity index is 2.09. The van der Waals surface area contributed by atoms with E-state index in [-0.39, 0.29) is 12.2 Å². The van der Waals surface area contributed by atoms with Crippen molar-refractivity contribution in [3.8, 4) is 11.5 Å². The van der Waals surface area contributed by atoms with Gasteiger partial charge in [-0.3, -0.25) is 14.9 Å². The van der Waals surface area contributed by atoms with E-state index in [0.717, 1.165) is 10.5 Å². The molecule has 1 aliphatic rings. The van der Waals surface area contributed by atoms with Gasteiger partial charge in [-0.25, -0.2) is 9.69 Å². The van der Waals surface area contributed by atoms with E-state index in [9.17, 15) is 14.4 Å². The number of urea groups is 1. The maximum atomic E-state index is 13.2. The zero-order valence-electron chi connectivity index (χ0n) is 18.3. The standard InChI is InChI=1S/C25H23ClN2O5/c1-5-8-17-12-16(14-21(32-4)22(17)33-11-6-2)13-18-23(29)27-25(31)28(24(18)30)20-10-7-9-19(26)15(20)3/h5-7,9-10,12-14H,1-2,8,11H2,3-4H3,(H,27,29,31)/b18-13+. The van der Waals surface area contributed by atoms with Gasteiger partial charge < -0.3 is 9.47 Å². The molecule has 170 valence electrons. The molecule has 3 rings (SSSR count). The molecule has 1 fully saturated rings. The number of carbonyl (C=O) groups excluding carboxylic acids is 3. The Bertz CT molecular complexity index is 1190. The Morgan fingerprint density at radius 2 is 1.91 bits per heavy atom. The molecule has 8 heteroatoms. The molecule has 1 heterocycles. The Labute approximate surface area is 196 Å². The molecule has 0 aromatic heterocycles. The van der Waals surface area contributed by atoms with E-state index >= 15 is 0 Å². The van der Waals surface area contributed by atoms with E-state index in [0.29, 0.717) is 39.8 Å². The number of nitrogens with one attached hydrogen (secondary N) is 1. The molecule has 2 aromatic rings. The number of benzene rings is 2. The molecule has 1 N–H and O–H groups in total. The van der Waals surface area contributed by atoms with Crippen LogP contribution in [-0.2, 0) is 16.0 Å². The van der Waals surface area contributed by atoms with Crippen molar-refractivity contribution in [3.63, 3.8) is 0 Å². The van der Waals surface area contributed by atoms with E-state index < -0.39 is 17.8 Å². The zero-order chi connectivity index (χ0) is 24.1. The van der Waals surface area contributed by atoms with Crippen LogP contribution in [0, 0.1) is 6.92 Å². The highest BCUT2D eigenvalue weighted by atomic mass is 35.5. The zero-order valence-corrected chi connectivity index (χ0v) is 19.1. The van der Waals surface area contributed by atoms with Crippen molar-refractivity contribution < 1.29 is 23.9 Å². The number of barbiturate groups is 1. The molecular formula is C25H23ClN2O5. The number of nitrogens with zero attached hydrogens (tertiary/aromatic N) is 1. The third-order valence-electron chi connectivity index (χ3n) is 4.98. The van der Waals surface area contributed by atoms with Crippen LogP contribution >= 0.6 is 11.6 Å². The van der Waals surface area contributed by atoms with Gasteiger partial charge in [-0.15, -0.1) is 6.58 Å². The molecule has 0 saturated carbocycles. The molecule has 1 saturated heterocycles. The first-order valence-electron chi connectivity index (χ1n) is 10.0. The van der Waals surface area contributed by atoms with Crippen molar-refractivity contribution in [2.24, 2.45) is 0 Å². The Hall–Kier alpha value is -3.84. The minimum atomic E-state index is -0.842. The van der Waals surface area contributed by atoms with Gasteiger partial charge in [-0.05, 0) is 54.8 Å². The summed E-state index contributed by atoms with van der Waals surface area (Å²) in [6, 6.07) is 7.43. The minimum Gasteiger partial charge on any atom is -0.493 e. The quantitative estimate of drug-likeness (QED) is 0.348. The van der Waals surface area contributed by atoms with Crippen LogP contribution in [0.5, 0.6) is 11.5 Å². The summed E-state index contributed by atoms with van der Waals surface area (Å²) in [5.41, 5.74) is 1.89. The van der Waals surface area contributed by atoms with E-state index in [1.807, 2.05) is 0 Å². The first-order valence-corrected chi connectivity index (χ1v) is 10.4. The molecule has 0 atom stereocenters. The van der Waals surface area contributed by atoms with Gasteiger partial charge in [-0.2, -0.15) is 0 Å². The lowest BCUT2D eigenvalue weighted by Gasteiger charge is -2.27. The summed E-state index contributed by atoms with van der Waals surface area (Å²) in [5.74, 6) is -0.613. The fourth-order valence-corrected chi connectivity index (χ4v) is 3.58. The normalized spacial score (nSPS) is 14.8. The SMILES string of the molecule is C=CCOc1c(CC=C)cc(/C=C2\C(=O)NC(=O)N(c3cccc(Cl)c3C)C2=O)cc1OC. The predicted molar refractivity (Wildman–Crippen MR) is 128 cm³/mol. The second-order valence-corrected chi connectivity index (χ2v) is 7.55. The lowest BCUT2D eigenvalue weighted by Crippen LogP contribution is -2.54. The van der Waals surface area contributed by atoms with E-state index in [1.165, 1.54) is 13.2 Å². The number of allylic oxidation sites excluding steroid dienone is 1. The molecular weight excluding hydrogens is 444 g/mol. The van der Waals surface area contributed by atoms with Gasteiger partial charge in [0.25, 0.3) is 11.8 Å². The summed E-state index contributed by atoms with van der Waals surface area (Å²) >= 11 is 6.16. The lowest BCUT2D eigenvalue weighted by molar-refractivity contribution is -0.122. The summed E-state index contributed by atoms with van der Waals surface area (Å²) in [4.78, 5) is 39.2. The van der Waals surface area contributed by atoms with Gasteiger partial charge in [-0.1, -0.05) is 36.4 Å². The number of anilines is 1. The van der Waals surface area contributed by atoms with E-state index in [2.05, 4.69) is 18.5 Å². The summed E-state index contributed by atoms with van der Waals surface area (Å²) in [6.45, 7) is 9.38. The monoisotopic (exact) mass is 466 g/mol. The van der Waals surface area contributed by atoms with Crippen LogP contribution in [0.3, 0.4) is 0 Å². The van der Waals surface area contributed by atoms with Gasteiger partial charge in [0.1, 0.15) is 12.2 Å². The highest BCUT2D eigenvalue weighted by molar-refractivity contribution is 6.40. The first kappa shape index (κ1) is 23.8. The number of hydrogen-bond acceptors (Lipinski definition) is 5. The van der Waals surface area contributed by atoms with Gasteiger partial charge >= 0.3 is 6.03 Å². The van der Waals surface area contributed by atoms with Crippen LogP contribution < -0.4 is 19.7 Å². The predicted octanol–water partition coefficient (Wildman–Crippen LogP) is 4.62. The van der Waals surface area contributed by atoms with Crippen molar-refractivity contribution in [2.75, 3.05) is 18.6 Å². The molecule has 0 radical (unpaired) electrons. The fourth-order valence-electron chi connectivity index (χ4n) is 3.41. The van der Waals surface area contributed by atoms with Crippen LogP contribution in [0.1, 0.15) is 16.7 Å². The molecule has 0 unspecified atom stereocenters. The van der Waals surface area contributed by atoms with Crippen molar-refractivity contribution in [1.29, 1.82) is 0 Å². The number of ether oxygens (including phenoxy) is 2. The lowest BCUT2D eigenvalue weighted by atomic mass is 10.0. The van der Waals surface area contributed by atoms with Crippen molar-refractivity contribution in [1.82, 2.24) is 5.32 Å². The summed E-state index contributed by atoms with van der Waals surface area (Å²) in [7, 11) is 1.49. The Morgan fingerprint density at radius 3 is 2.58 bits per heavy atom. The van der Waals surface area contributed by atoms with Gasteiger partial charge in [0, 0.05) is 10.6 Å². The average Bonchev–Trinajstić information content (AvgIpc) is 2.78. The third kappa shape index (κ3) is 4.83. The molecule has 2 aromatic carbocycles. The maximum absolute atomic E-state index is 13.2. The van der Waals surface area contributed by atoms with E-state index in [4.69, 9.17) is 21.1 Å². The molecule has 7 nitrogen and oxygen atoms in total. The van der Waals surface area contributed by atoms with E-state index in [1.54, 1.807) is 49.4 Å². The number of carbonyl (C=O) groups is 3. The second kappa shape index (κ2) is 10.2. The summed E-state index contributed by atoms with van der Waals surface area (Å²) < 4.78 is 11.2. The van der Waals surface area contributed by atoms with Crippen LogP contribution in [0.4, 0.5) is 10.5 Å².